The number of nitrogens with zero attached hydrogens (tertiary/aromatic N) is 3. The standard InChI is InChI=1S/C34H41N5O5S2/c1-24(40)32(38-33(42)39(2)20-29-18-35-22-45-29)31(41)17-27(15-25-9-5-3-6-10-25)13-14-28(16-26-11-7-4-8-12-26)37-34(43)44-21-30-19-36-23-46-30/h3-12,18-19,22-24,27-28,32,40H,13-17,20-21H2,1-2H3,(H,37,43)(H,38,42). The van der Waals surface area contributed by atoms with Crippen LogP contribution in [0.1, 0.15) is 47.1 Å². The molecule has 0 aliphatic heterocycles. The van der Waals surface area contributed by atoms with E-state index in [4.69, 9.17) is 4.74 Å². The molecule has 4 rings (SSSR count). The molecule has 2 aromatic carbocycles. The van der Waals surface area contributed by atoms with Gasteiger partial charge in [0.25, 0.3) is 0 Å². The number of urea groups is 1. The van der Waals surface area contributed by atoms with Crippen LogP contribution in [-0.4, -0.2) is 63.1 Å². The largest absolute Gasteiger partial charge is 0.444 e. The predicted octanol–water partition coefficient (Wildman–Crippen LogP) is 5.63. The molecule has 4 aromatic rings. The Morgan fingerprint density at radius 1 is 0.870 bits per heavy atom. The van der Waals surface area contributed by atoms with E-state index >= 15 is 0 Å². The fraction of sp³-hybridized carbons (Fsp3) is 0.382. The van der Waals surface area contributed by atoms with Gasteiger partial charge < -0.3 is 25.4 Å². The van der Waals surface area contributed by atoms with E-state index in [1.54, 1.807) is 30.5 Å². The Morgan fingerprint density at radius 3 is 2.07 bits per heavy atom. The summed E-state index contributed by atoms with van der Waals surface area (Å²) < 4.78 is 5.46. The van der Waals surface area contributed by atoms with Crippen LogP contribution in [0.3, 0.4) is 0 Å². The summed E-state index contributed by atoms with van der Waals surface area (Å²) in [5.74, 6) is -0.344. The maximum atomic E-state index is 13.7. The number of nitrogens with one attached hydrogen (secondary N) is 2. The summed E-state index contributed by atoms with van der Waals surface area (Å²) in [5, 5.41) is 16.3. The molecule has 3 N–H and O–H groups in total. The number of amides is 3. The third-order valence-corrected chi connectivity index (χ3v) is 9.11. The Labute approximate surface area is 277 Å². The molecule has 0 aliphatic rings. The monoisotopic (exact) mass is 663 g/mol. The quantitative estimate of drug-likeness (QED) is 0.133. The first-order valence-electron chi connectivity index (χ1n) is 15.2. The van der Waals surface area contributed by atoms with Crippen LogP contribution in [0.5, 0.6) is 0 Å². The Bertz CT molecular complexity index is 1470. The number of ketones is 1. The maximum Gasteiger partial charge on any atom is 0.407 e. The van der Waals surface area contributed by atoms with Crippen molar-refractivity contribution in [3.05, 3.63) is 105 Å². The smallest absolute Gasteiger partial charge is 0.407 e. The van der Waals surface area contributed by atoms with Crippen LogP contribution in [0.15, 0.2) is 84.1 Å². The van der Waals surface area contributed by atoms with Crippen LogP contribution in [0, 0.1) is 5.92 Å². The molecule has 0 radical (unpaired) electrons. The van der Waals surface area contributed by atoms with Crippen molar-refractivity contribution in [1.29, 1.82) is 0 Å². The number of ether oxygens (including phenoxy) is 1. The number of hydrogen-bond donors (Lipinski definition) is 3. The van der Waals surface area contributed by atoms with Crippen molar-refractivity contribution < 1.29 is 24.2 Å². The molecule has 0 aliphatic carbocycles. The summed E-state index contributed by atoms with van der Waals surface area (Å²) in [6, 6.07) is 18.1. The van der Waals surface area contributed by atoms with Crippen LogP contribution in [0.25, 0.3) is 0 Å². The van der Waals surface area contributed by atoms with Gasteiger partial charge in [-0.15, -0.1) is 22.7 Å². The number of Topliss-reactive ketones (excluding diaryl/α,β-unsaturated/α-hetero) is 1. The lowest BCUT2D eigenvalue weighted by Crippen LogP contribution is -2.51. The number of carbonyl (C=O) groups excluding carboxylic acids is 3. The molecule has 0 fully saturated rings. The number of aromatic nitrogens is 2. The summed E-state index contributed by atoms with van der Waals surface area (Å²) in [5.41, 5.74) is 5.54. The minimum Gasteiger partial charge on any atom is -0.444 e. The van der Waals surface area contributed by atoms with Gasteiger partial charge in [0, 0.05) is 36.8 Å². The lowest BCUT2D eigenvalue weighted by atomic mass is 9.86. The van der Waals surface area contributed by atoms with Crippen LogP contribution < -0.4 is 10.6 Å². The second-order valence-electron chi connectivity index (χ2n) is 11.4. The average Bonchev–Trinajstić information content (AvgIpc) is 3.77. The number of aliphatic hydroxyl groups excluding tert-OH is 1. The molecule has 0 spiro atoms. The van der Waals surface area contributed by atoms with Gasteiger partial charge in [-0.25, -0.2) is 9.59 Å². The minimum atomic E-state index is -1.08. The highest BCUT2D eigenvalue weighted by atomic mass is 32.1. The summed E-state index contributed by atoms with van der Waals surface area (Å²) in [6.45, 7) is 2.00. The van der Waals surface area contributed by atoms with Crippen molar-refractivity contribution >= 4 is 40.6 Å². The molecule has 2 heterocycles. The zero-order chi connectivity index (χ0) is 32.7. The number of alkyl carbamates (subject to hydrolysis) is 1. The van der Waals surface area contributed by atoms with Crippen molar-refractivity contribution in [3.8, 4) is 0 Å². The van der Waals surface area contributed by atoms with Crippen LogP contribution in [0.4, 0.5) is 9.59 Å². The van der Waals surface area contributed by atoms with E-state index in [2.05, 4.69) is 20.6 Å². The number of benzene rings is 2. The third-order valence-electron chi connectivity index (χ3n) is 7.59. The second kappa shape index (κ2) is 18.1. The number of carbonyl (C=O) groups is 3. The molecule has 0 saturated heterocycles. The topological polar surface area (TPSA) is 134 Å². The summed E-state index contributed by atoms with van der Waals surface area (Å²) in [6.07, 6.45) is 4.38. The fourth-order valence-electron chi connectivity index (χ4n) is 5.19. The van der Waals surface area contributed by atoms with Gasteiger partial charge in [0.05, 0.1) is 28.5 Å². The molecule has 0 saturated carbocycles. The van der Waals surface area contributed by atoms with Gasteiger partial charge in [-0.05, 0) is 49.7 Å². The third kappa shape index (κ3) is 11.7. The summed E-state index contributed by atoms with van der Waals surface area (Å²) in [4.78, 5) is 50.7. The molecule has 10 nitrogen and oxygen atoms in total. The highest BCUT2D eigenvalue weighted by molar-refractivity contribution is 7.09. The average molecular weight is 664 g/mol. The van der Waals surface area contributed by atoms with E-state index in [0.717, 1.165) is 20.9 Å². The highest BCUT2D eigenvalue weighted by Crippen LogP contribution is 2.22. The van der Waals surface area contributed by atoms with E-state index in [1.165, 1.54) is 34.5 Å². The van der Waals surface area contributed by atoms with Crippen molar-refractivity contribution in [1.82, 2.24) is 25.5 Å². The van der Waals surface area contributed by atoms with E-state index in [0.29, 0.717) is 32.2 Å². The number of hydrogen-bond acceptors (Lipinski definition) is 9. The van der Waals surface area contributed by atoms with Gasteiger partial charge in [-0.3, -0.25) is 14.8 Å². The molecule has 4 atom stereocenters. The zero-order valence-corrected chi connectivity index (χ0v) is 27.7. The molecule has 4 unspecified atom stereocenters. The van der Waals surface area contributed by atoms with Gasteiger partial charge in [0.1, 0.15) is 12.6 Å². The Morgan fingerprint density at radius 2 is 1.48 bits per heavy atom. The van der Waals surface area contributed by atoms with Crippen molar-refractivity contribution in [2.24, 2.45) is 5.92 Å². The number of rotatable bonds is 17. The second-order valence-corrected chi connectivity index (χ2v) is 13.3. The normalized spacial score (nSPS) is 13.6. The highest BCUT2D eigenvalue weighted by Gasteiger charge is 2.29. The first kappa shape index (κ1) is 34.7. The Hall–Kier alpha value is -4.13. The lowest BCUT2D eigenvalue weighted by molar-refractivity contribution is -0.124. The first-order chi connectivity index (χ1) is 22.3. The minimum absolute atomic E-state index is 0.101. The van der Waals surface area contributed by atoms with Gasteiger partial charge in [0.2, 0.25) is 0 Å². The SMILES string of the molecule is CC(O)C(NC(=O)N(C)Cc1cncs1)C(=O)CC(CCC(Cc1ccccc1)NC(=O)OCc1cncs1)Cc1ccccc1. The fourth-order valence-corrected chi connectivity index (χ4v) is 6.35. The maximum absolute atomic E-state index is 13.7. The lowest BCUT2D eigenvalue weighted by Gasteiger charge is -2.27. The zero-order valence-electron chi connectivity index (χ0n) is 26.1. The predicted molar refractivity (Wildman–Crippen MR) is 179 cm³/mol. The van der Waals surface area contributed by atoms with E-state index in [-0.39, 0.29) is 30.8 Å². The van der Waals surface area contributed by atoms with E-state index in [9.17, 15) is 19.5 Å². The molecule has 244 valence electrons. The molecule has 12 heteroatoms. The van der Waals surface area contributed by atoms with Crippen molar-refractivity contribution in [3.63, 3.8) is 0 Å². The summed E-state index contributed by atoms with van der Waals surface area (Å²) >= 11 is 2.86. The van der Waals surface area contributed by atoms with Crippen molar-refractivity contribution in [2.45, 2.75) is 70.4 Å². The van der Waals surface area contributed by atoms with E-state index < -0.39 is 24.3 Å². The molecular weight excluding hydrogens is 623 g/mol. The number of thiazole rings is 2. The number of aliphatic hydroxyl groups is 1. The molecular formula is C34H41N5O5S2. The van der Waals surface area contributed by atoms with Crippen LogP contribution in [-0.2, 0) is 35.5 Å². The molecule has 46 heavy (non-hydrogen) atoms. The van der Waals surface area contributed by atoms with Gasteiger partial charge in [0.15, 0.2) is 5.78 Å². The van der Waals surface area contributed by atoms with Gasteiger partial charge >= 0.3 is 12.1 Å². The molecule has 0 bridgehead atoms. The molecule has 3 amide bonds. The summed E-state index contributed by atoms with van der Waals surface area (Å²) in [7, 11) is 1.64. The van der Waals surface area contributed by atoms with Crippen LogP contribution in [0.2, 0.25) is 0 Å². The van der Waals surface area contributed by atoms with Gasteiger partial charge in [-0.1, -0.05) is 60.7 Å². The Kier molecular flexibility index (Phi) is 13.7. The van der Waals surface area contributed by atoms with Crippen molar-refractivity contribution in [2.75, 3.05) is 7.05 Å². The van der Waals surface area contributed by atoms with Gasteiger partial charge in [-0.2, -0.15) is 0 Å². The molecule has 2 aromatic heterocycles. The Balaban J connectivity index is 1.43. The van der Waals surface area contributed by atoms with E-state index in [1.807, 2.05) is 60.7 Å². The van der Waals surface area contributed by atoms with Crippen LogP contribution >= 0.6 is 22.7 Å². The first-order valence-corrected chi connectivity index (χ1v) is 17.0.